The largest absolute Gasteiger partial charge is 0.332 e. The molecule has 1 aliphatic rings. The molecule has 0 bridgehead atoms. The molecule has 1 amide bonds. The minimum Gasteiger partial charge on any atom is -0.332 e. The van der Waals surface area contributed by atoms with E-state index in [1.165, 1.54) is 5.56 Å². The predicted octanol–water partition coefficient (Wildman–Crippen LogP) is 3.46. The van der Waals surface area contributed by atoms with Gasteiger partial charge in [0.2, 0.25) is 5.91 Å². The Kier molecular flexibility index (Phi) is 4.10. The van der Waals surface area contributed by atoms with E-state index in [9.17, 15) is 4.79 Å². The van der Waals surface area contributed by atoms with Crippen molar-refractivity contribution in [2.45, 2.75) is 18.9 Å². The number of rotatable bonds is 3. The first kappa shape index (κ1) is 13.6. The van der Waals surface area contributed by atoms with Crippen molar-refractivity contribution < 1.29 is 4.79 Å². The van der Waals surface area contributed by atoms with Crippen molar-refractivity contribution in [3.05, 3.63) is 72.1 Å². The lowest BCUT2D eigenvalue weighted by Gasteiger charge is -2.23. The summed E-state index contributed by atoms with van der Waals surface area (Å²) in [7, 11) is 0. The van der Waals surface area contributed by atoms with Gasteiger partial charge >= 0.3 is 0 Å². The van der Waals surface area contributed by atoms with Crippen LogP contribution in [0.2, 0.25) is 0 Å². The molecule has 1 aromatic carbocycles. The first-order valence-electron chi connectivity index (χ1n) is 7.28. The summed E-state index contributed by atoms with van der Waals surface area (Å²) in [6.45, 7) is 0.829. The number of aromatic nitrogens is 1. The first-order valence-corrected chi connectivity index (χ1v) is 7.28. The van der Waals surface area contributed by atoms with E-state index in [2.05, 4.69) is 17.1 Å². The fourth-order valence-electron chi connectivity index (χ4n) is 2.79. The van der Waals surface area contributed by atoms with Crippen LogP contribution in [0.25, 0.3) is 6.08 Å². The van der Waals surface area contributed by atoms with E-state index < -0.39 is 0 Å². The molecule has 1 atom stereocenters. The van der Waals surface area contributed by atoms with E-state index in [1.54, 1.807) is 18.5 Å². The van der Waals surface area contributed by atoms with E-state index >= 15 is 0 Å². The summed E-state index contributed by atoms with van der Waals surface area (Å²) in [5.41, 5.74) is 2.17. The molecule has 1 aliphatic heterocycles. The average molecular weight is 278 g/mol. The van der Waals surface area contributed by atoms with Gasteiger partial charge in [-0.25, -0.2) is 0 Å². The zero-order chi connectivity index (χ0) is 14.5. The van der Waals surface area contributed by atoms with Crippen molar-refractivity contribution in [3.8, 4) is 0 Å². The van der Waals surface area contributed by atoms with Crippen molar-refractivity contribution >= 4 is 12.0 Å². The molecule has 0 spiro atoms. The lowest BCUT2D eigenvalue weighted by atomic mass is 10.0. The van der Waals surface area contributed by atoms with Gasteiger partial charge < -0.3 is 4.90 Å². The van der Waals surface area contributed by atoms with Crippen LogP contribution >= 0.6 is 0 Å². The summed E-state index contributed by atoms with van der Waals surface area (Å²) in [6.07, 6.45) is 9.06. The molecule has 1 unspecified atom stereocenters. The normalized spacial score (nSPS) is 18.3. The van der Waals surface area contributed by atoms with E-state index in [4.69, 9.17) is 0 Å². The Morgan fingerprint density at radius 2 is 2.05 bits per heavy atom. The molecular formula is C18H18N2O. The molecule has 3 nitrogen and oxygen atoms in total. The number of hydrogen-bond donors (Lipinski definition) is 0. The summed E-state index contributed by atoms with van der Waals surface area (Å²) in [6, 6.07) is 14.3. The summed E-state index contributed by atoms with van der Waals surface area (Å²) < 4.78 is 0. The molecule has 3 rings (SSSR count). The highest BCUT2D eigenvalue weighted by Crippen LogP contribution is 2.31. The van der Waals surface area contributed by atoms with Gasteiger partial charge in [-0.3, -0.25) is 9.78 Å². The number of amides is 1. The smallest absolute Gasteiger partial charge is 0.247 e. The number of benzene rings is 1. The SMILES string of the molecule is O=C(/C=C/c1cccnc1)N1CCCC1c1ccccc1. The van der Waals surface area contributed by atoms with Crippen LogP contribution in [0.15, 0.2) is 60.9 Å². The maximum Gasteiger partial charge on any atom is 0.247 e. The number of likely N-dealkylation sites (tertiary alicyclic amines) is 1. The second-order valence-corrected chi connectivity index (χ2v) is 5.22. The highest BCUT2D eigenvalue weighted by molar-refractivity contribution is 5.92. The molecule has 3 heteroatoms. The van der Waals surface area contributed by atoms with Crippen molar-refractivity contribution in [2.24, 2.45) is 0 Å². The Hall–Kier alpha value is -2.42. The minimum absolute atomic E-state index is 0.0743. The molecule has 106 valence electrons. The van der Waals surface area contributed by atoms with Gasteiger partial charge in [-0.1, -0.05) is 36.4 Å². The van der Waals surface area contributed by atoms with Crippen LogP contribution in [0.1, 0.15) is 30.0 Å². The van der Waals surface area contributed by atoms with Crippen LogP contribution in [0.3, 0.4) is 0 Å². The van der Waals surface area contributed by atoms with Gasteiger partial charge in [0.25, 0.3) is 0 Å². The molecule has 1 fully saturated rings. The molecule has 0 N–H and O–H groups in total. The molecule has 1 aromatic heterocycles. The lowest BCUT2D eigenvalue weighted by molar-refractivity contribution is -0.126. The molecule has 0 saturated carbocycles. The van der Waals surface area contributed by atoms with E-state index in [1.807, 2.05) is 41.3 Å². The second kappa shape index (κ2) is 6.35. The minimum atomic E-state index is 0.0743. The van der Waals surface area contributed by atoms with Crippen LogP contribution < -0.4 is 0 Å². The van der Waals surface area contributed by atoms with E-state index in [0.29, 0.717) is 0 Å². The Morgan fingerprint density at radius 3 is 2.81 bits per heavy atom. The van der Waals surface area contributed by atoms with Crippen LogP contribution in [-0.4, -0.2) is 22.3 Å². The van der Waals surface area contributed by atoms with Crippen LogP contribution in [0.4, 0.5) is 0 Å². The summed E-state index contributed by atoms with van der Waals surface area (Å²) in [4.78, 5) is 18.4. The predicted molar refractivity (Wildman–Crippen MR) is 83.4 cm³/mol. The fraction of sp³-hybridized carbons (Fsp3) is 0.222. The monoisotopic (exact) mass is 278 g/mol. The number of carbonyl (C=O) groups excluding carboxylic acids is 1. The zero-order valence-corrected chi connectivity index (χ0v) is 11.9. The summed E-state index contributed by atoms with van der Waals surface area (Å²) in [5.74, 6) is 0.0743. The van der Waals surface area contributed by atoms with Crippen molar-refractivity contribution in [2.75, 3.05) is 6.54 Å². The van der Waals surface area contributed by atoms with Crippen molar-refractivity contribution in [3.63, 3.8) is 0 Å². The Labute approximate surface area is 124 Å². The standard InChI is InChI=1S/C18H18N2O/c21-18(11-10-15-6-4-12-19-14-15)20-13-5-9-17(20)16-7-2-1-3-8-16/h1-4,6-8,10-12,14,17H,5,9,13H2/b11-10+. The zero-order valence-electron chi connectivity index (χ0n) is 11.9. The molecule has 21 heavy (non-hydrogen) atoms. The lowest BCUT2D eigenvalue weighted by Crippen LogP contribution is -2.28. The Bertz CT molecular complexity index is 622. The molecule has 2 heterocycles. The molecule has 2 aromatic rings. The van der Waals surface area contributed by atoms with Crippen LogP contribution in [-0.2, 0) is 4.79 Å². The van der Waals surface area contributed by atoms with Gasteiger partial charge in [0.05, 0.1) is 6.04 Å². The highest BCUT2D eigenvalue weighted by atomic mass is 16.2. The highest BCUT2D eigenvalue weighted by Gasteiger charge is 2.28. The third kappa shape index (κ3) is 3.19. The van der Waals surface area contributed by atoms with Crippen LogP contribution in [0, 0.1) is 0 Å². The first-order chi connectivity index (χ1) is 10.3. The average Bonchev–Trinajstić information content (AvgIpc) is 3.04. The number of nitrogens with zero attached hydrogens (tertiary/aromatic N) is 2. The van der Waals surface area contributed by atoms with Gasteiger partial charge in [-0.05, 0) is 36.1 Å². The maximum atomic E-state index is 12.4. The third-order valence-corrected chi connectivity index (χ3v) is 3.82. The van der Waals surface area contributed by atoms with Crippen molar-refractivity contribution in [1.29, 1.82) is 0 Å². The summed E-state index contributed by atoms with van der Waals surface area (Å²) in [5, 5.41) is 0. The third-order valence-electron chi connectivity index (χ3n) is 3.82. The van der Waals surface area contributed by atoms with Gasteiger partial charge in [0.15, 0.2) is 0 Å². The van der Waals surface area contributed by atoms with Crippen molar-refractivity contribution in [1.82, 2.24) is 9.88 Å². The molecular weight excluding hydrogens is 260 g/mol. The van der Waals surface area contributed by atoms with Gasteiger partial charge in [0, 0.05) is 25.0 Å². The Balaban J connectivity index is 1.73. The van der Waals surface area contributed by atoms with E-state index in [-0.39, 0.29) is 11.9 Å². The van der Waals surface area contributed by atoms with Crippen LogP contribution in [0.5, 0.6) is 0 Å². The quantitative estimate of drug-likeness (QED) is 0.806. The second-order valence-electron chi connectivity index (χ2n) is 5.22. The molecule has 0 radical (unpaired) electrons. The Morgan fingerprint density at radius 1 is 1.19 bits per heavy atom. The number of carbonyl (C=O) groups is 1. The topological polar surface area (TPSA) is 33.2 Å². The summed E-state index contributed by atoms with van der Waals surface area (Å²) >= 11 is 0. The van der Waals surface area contributed by atoms with Gasteiger partial charge in [-0.2, -0.15) is 0 Å². The maximum absolute atomic E-state index is 12.4. The number of pyridine rings is 1. The van der Waals surface area contributed by atoms with Gasteiger partial charge in [-0.15, -0.1) is 0 Å². The fourth-order valence-corrected chi connectivity index (χ4v) is 2.79. The number of hydrogen-bond acceptors (Lipinski definition) is 2. The van der Waals surface area contributed by atoms with E-state index in [0.717, 1.165) is 24.9 Å². The molecule has 1 saturated heterocycles. The van der Waals surface area contributed by atoms with Gasteiger partial charge in [0.1, 0.15) is 0 Å². The molecule has 0 aliphatic carbocycles.